The molecule has 3 rings (SSSR count). The standard InChI is InChI=1S/C20H22N2O5S2/c1-3-26-13-12-22-17-11-10-15(19(23)27-4-2)14-18(17)28-20(22)21-29(24,25)16-8-6-5-7-9-16/h5-11,14H,3-4,12-13H2,1-2H3. The van der Waals surface area contributed by atoms with E-state index in [1.165, 1.54) is 23.5 Å². The number of benzene rings is 2. The van der Waals surface area contributed by atoms with Crippen LogP contribution in [-0.4, -0.2) is 38.8 Å². The van der Waals surface area contributed by atoms with Crippen molar-refractivity contribution in [3.8, 4) is 0 Å². The third kappa shape index (κ3) is 4.92. The van der Waals surface area contributed by atoms with Crippen LogP contribution in [0.1, 0.15) is 24.2 Å². The normalized spacial score (nSPS) is 12.4. The van der Waals surface area contributed by atoms with E-state index >= 15 is 0 Å². The van der Waals surface area contributed by atoms with Crippen molar-refractivity contribution in [2.24, 2.45) is 4.40 Å². The summed E-state index contributed by atoms with van der Waals surface area (Å²) in [4.78, 5) is 12.5. The highest BCUT2D eigenvalue weighted by Crippen LogP contribution is 2.21. The van der Waals surface area contributed by atoms with Crippen molar-refractivity contribution >= 4 is 37.5 Å². The maximum Gasteiger partial charge on any atom is 0.338 e. The van der Waals surface area contributed by atoms with Gasteiger partial charge in [0.25, 0.3) is 10.0 Å². The number of fused-ring (bicyclic) bond motifs is 1. The van der Waals surface area contributed by atoms with Gasteiger partial charge in [0, 0.05) is 13.2 Å². The van der Waals surface area contributed by atoms with Gasteiger partial charge in [-0.1, -0.05) is 29.5 Å². The fraction of sp³-hybridized carbons (Fsp3) is 0.300. The lowest BCUT2D eigenvalue weighted by atomic mass is 10.2. The molecule has 0 fully saturated rings. The van der Waals surface area contributed by atoms with Gasteiger partial charge in [0.2, 0.25) is 4.80 Å². The molecule has 0 N–H and O–H groups in total. The fourth-order valence-corrected chi connectivity index (χ4v) is 5.07. The van der Waals surface area contributed by atoms with Crippen LogP contribution in [0.5, 0.6) is 0 Å². The third-order valence-electron chi connectivity index (χ3n) is 4.10. The minimum atomic E-state index is -3.87. The van der Waals surface area contributed by atoms with Crippen LogP contribution in [0.4, 0.5) is 0 Å². The SMILES string of the molecule is CCOCCn1c(=NS(=O)(=O)c2ccccc2)sc2cc(C(=O)OCC)ccc21. The first kappa shape index (κ1) is 21.2. The minimum Gasteiger partial charge on any atom is -0.462 e. The molecule has 0 aliphatic carbocycles. The smallest absolute Gasteiger partial charge is 0.338 e. The first-order chi connectivity index (χ1) is 14.0. The summed E-state index contributed by atoms with van der Waals surface area (Å²) in [6, 6.07) is 13.2. The second kappa shape index (κ2) is 9.34. The molecule has 0 saturated carbocycles. The van der Waals surface area contributed by atoms with Gasteiger partial charge in [0.05, 0.1) is 33.9 Å². The van der Waals surface area contributed by atoms with Crippen molar-refractivity contribution in [3.63, 3.8) is 0 Å². The number of sulfonamides is 1. The van der Waals surface area contributed by atoms with Crippen molar-refractivity contribution in [3.05, 3.63) is 58.9 Å². The third-order valence-corrected chi connectivity index (χ3v) is 6.53. The Bertz CT molecular complexity index is 1160. The summed E-state index contributed by atoms with van der Waals surface area (Å²) in [6.07, 6.45) is 0. The Labute approximate surface area is 173 Å². The summed E-state index contributed by atoms with van der Waals surface area (Å²) < 4.78 is 42.6. The lowest BCUT2D eigenvalue weighted by molar-refractivity contribution is 0.0526. The molecule has 7 nitrogen and oxygen atoms in total. The average molecular weight is 435 g/mol. The molecule has 0 aliphatic rings. The molecular weight excluding hydrogens is 412 g/mol. The Morgan fingerprint density at radius 3 is 2.55 bits per heavy atom. The molecule has 0 unspecified atom stereocenters. The predicted molar refractivity (Wildman–Crippen MR) is 111 cm³/mol. The lowest BCUT2D eigenvalue weighted by Gasteiger charge is -2.06. The van der Waals surface area contributed by atoms with E-state index in [2.05, 4.69) is 4.40 Å². The first-order valence-corrected chi connectivity index (χ1v) is 11.5. The van der Waals surface area contributed by atoms with Crippen molar-refractivity contribution < 1.29 is 22.7 Å². The van der Waals surface area contributed by atoms with Crippen molar-refractivity contribution in [1.29, 1.82) is 0 Å². The van der Waals surface area contributed by atoms with E-state index in [1.54, 1.807) is 47.9 Å². The molecule has 0 atom stereocenters. The summed E-state index contributed by atoms with van der Waals surface area (Å²) >= 11 is 1.21. The Balaban J connectivity index is 2.13. The maximum atomic E-state index is 12.7. The van der Waals surface area contributed by atoms with Gasteiger partial charge < -0.3 is 14.0 Å². The van der Waals surface area contributed by atoms with E-state index in [1.807, 2.05) is 6.92 Å². The summed E-state index contributed by atoms with van der Waals surface area (Å²) in [5.41, 5.74) is 1.19. The van der Waals surface area contributed by atoms with Crippen LogP contribution in [0.2, 0.25) is 0 Å². The number of rotatable bonds is 8. The zero-order valence-corrected chi connectivity index (χ0v) is 17.8. The molecule has 1 aromatic heterocycles. The van der Waals surface area contributed by atoms with Crippen LogP contribution in [0.3, 0.4) is 0 Å². The van der Waals surface area contributed by atoms with Crippen molar-refractivity contribution in [2.75, 3.05) is 19.8 Å². The molecule has 1 heterocycles. The average Bonchev–Trinajstić information content (AvgIpc) is 3.04. The van der Waals surface area contributed by atoms with E-state index in [-0.39, 0.29) is 11.5 Å². The van der Waals surface area contributed by atoms with Gasteiger partial charge in [-0.2, -0.15) is 8.42 Å². The molecule has 0 spiro atoms. The van der Waals surface area contributed by atoms with Gasteiger partial charge in [0.15, 0.2) is 0 Å². The van der Waals surface area contributed by atoms with Crippen molar-refractivity contribution in [1.82, 2.24) is 4.57 Å². The zero-order valence-electron chi connectivity index (χ0n) is 16.2. The zero-order chi connectivity index (χ0) is 20.9. The molecular formula is C20H22N2O5S2. The number of esters is 1. The van der Waals surface area contributed by atoms with Crippen LogP contribution in [0.25, 0.3) is 10.2 Å². The number of aromatic nitrogens is 1. The van der Waals surface area contributed by atoms with Crippen LogP contribution in [0.15, 0.2) is 57.8 Å². The van der Waals surface area contributed by atoms with Gasteiger partial charge in [-0.15, -0.1) is 4.40 Å². The Morgan fingerprint density at radius 1 is 1.10 bits per heavy atom. The van der Waals surface area contributed by atoms with E-state index in [0.717, 1.165) is 10.2 Å². The molecule has 9 heteroatoms. The van der Waals surface area contributed by atoms with Crippen molar-refractivity contribution in [2.45, 2.75) is 25.3 Å². The Hall–Kier alpha value is -2.49. The molecule has 2 aromatic carbocycles. The molecule has 154 valence electrons. The largest absolute Gasteiger partial charge is 0.462 e. The van der Waals surface area contributed by atoms with E-state index in [4.69, 9.17) is 9.47 Å². The maximum absolute atomic E-state index is 12.7. The summed E-state index contributed by atoms with van der Waals surface area (Å²) in [6.45, 7) is 5.34. The minimum absolute atomic E-state index is 0.126. The molecule has 0 amide bonds. The molecule has 29 heavy (non-hydrogen) atoms. The number of hydrogen-bond acceptors (Lipinski definition) is 6. The monoisotopic (exact) mass is 434 g/mol. The van der Waals surface area contributed by atoms with Gasteiger partial charge in [-0.3, -0.25) is 0 Å². The topological polar surface area (TPSA) is 87.0 Å². The molecule has 0 saturated heterocycles. The van der Waals surface area contributed by atoms with Crippen LogP contribution >= 0.6 is 11.3 Å². The van der Waals surface area contributed by atoms with Crippen LogP contribution in [0, 0.1) is 0 Å². The van der Waals surface area contributed by atoms with Gasteiger partial charge >= 0.3 is 5.97 Å². The van der Waals surface area contributed by atoms with E-state index in [0.29, 0.717) is 30.1 Å². The predicted octanol–water partition coefficient (Wildman–Crippen LogP) is 3.21. The first-order valence-electron chi connectivity index (χ1n) is 9.20. The number of thiazole rings is 1. The number of carbonyl (C=O) groups excluding carboxylic acids is 1. The van der Waals surface area contributed by atoms with E-state index in [9.17, 15) is 13.2 Å². The van der Waals surface area contributed by atoms with Crippen LogP contribution in [-0.2, 0) is 26.0 Å². The number of ether oxygens (including phenoxy) is 2. The number of nitrogens with zero attached hydrogens (tertiary/aromatic N) is 2. The van der Waals surface area contributed by atoms with Gasteiger partial charge in [-0.05, 0) is 44.2 Å². The Kier molecular flexibility index (Phi) is 6.83. The molecule has 3 aromatic rings. The van der Waals surface area contributed by atoms with Gasteiger partial charge in [0.1, 0.15) is 0 Å². The highest BCUT2D eigenvalue weighted by atomic mass is 32.2. The van der Waals surface area contributed by atoms with E-state index < -0.39 is 16.0 Å². The van der Waals surface area contributed by atoms with Gasteiger partial charge in [-0.25, -0.2) is 4.79 Å². The summed E-state index contributed by atoms with van der Waals surface area (Å²) in [5, 5.41) is 0. The molecule has 0 radical (unpaired) electrons. The second-order valence-electron chi connectivity index (χ2n) is 6.02. The number of carbonyl (C=O) groups is 1. The van der Waals surface area contributed by atoms with Crippen LogP contribution < -0.4 is 4.80 Å². The summed E-state index contributed by atoms with van der Waals surface area (Å²) in [7, 11) is -3.87. The highest BCUT2D eigenvalue weighted by Gasteiger charge is 2.16. The second-order valence-corrected chi connectivity index (χ2v) is 8.63. The number of hydrogen-bond donors (Lipinski definition) is 0. The summed E-state index contributed by atoms with van der Waals surface area (Å²) in [5.74, 6) is -0.418. The fourth-order valence-electron chi connectivity index (χ4n) is 2.75. The quantitative estimate of drug-likeness (QED) is 0.401. The molecule has 0 bridgehead atoms. The Morgan fingerprint density at radius 2 is 1.86 bits per heavy atom. The molecule has 0 aliphatic heterocycles. The lowest BCUT2D eigenvalue weighted by Crippen LogP contribution is -2.20. The highest BCUT2D eigenvalue weighted by molar-refractivity contribution is 7.90.